The molecule has 0 aliphatic heterocycles. The van der Waals surface area contributed by atoms with Gasteiger partial charge >= 0.3 is 0 Å². The third-order valence-electron chi connectivity index (χ3n) is 2.91. The molecule has 0 N–H and O–H groups in total. The maximum atomic E-state index is 13.2. The maximum Gasteiger partial charge on any atom is 0.194 e. The minimum atomic E-state index is -1.47. The van der Waals surface area contributed by atoms with Gasteiger partial charge in [0, 0.05) is 9.75 Å². The number of alkyl halides is 1. The van der Waals surface area contributed by atoms with Crippen LogP contribution < -0.4 is 0 Å². The molecule has 20 heavy (non-hydrogen) atoms. The van der Waals surface area contributed by atoms with Crippen LogP contribution in [0.2, 0.25) is 0 Å². The highest BCUT2D eigenvalue weighted by Gasteiger charge is 2.21. The van der Waals surface area contributed by atoms with Crippen LogP contribution in [0.15, 0.2) is 24.3 Å². The molecule has 2 rings (SSSR count). The highest BCUT2D eigenvalue weighted by Crippen LogP contribution is 2.38. The Morgan fingerprint density at radius 3 is 2.05 bits per heavy atom. The molecule has 0 saturated carbocycles. The smallest absolute Gasteiger partial charge is 0.194 e. The van der Waals surface area contributed by atoms with Crippen LogP contribution in [-0.2, 0) is 5.41 Å². The highest BCUT2D eigenvalue weighted by atomic mass is 35.5. The molecule has 0 aliphatic rings. The first kappa shape index (κ1) is 15.4. The van der Waals surface area contributed by atoms with Crippen LogP contribution in [0.5, 0.6) is 0 Å². The van der Waals surface area contributed by atoms with E-state index in [1.54, 1.807) is 0 Å². The molecule has 2 aromatic rings. The van der Waals surface area contributed by atoms with Crippen molar-refractivity contribution in [1.29, 1.82) is 0 Å². The molecule has 1 atom stereocenters. The van der Waals surface area contributed by atoms with Crippen LogP contribution in [0, 0.1) is 17.5 Å². The summed E-state index contributed by atoms with van der Waals surface area (Å²) in [6.45, 7) is 6.22. The van der Waals surface area contributed by atoms with Gasteiger partial charge in [-0.1, -0.05) is 20.8 Å². The van der Waals surface area contributed by atoms with E-state index in [1.807, 2.05) is 12.1 Å². The van der Waals surface area contributed by atoms with Crippen LogP contribution >= 0.6 is 22.9 Å². The first-order chi connectivity index (χ1) is 9.20. The summed E-state index contributed by atoms with van der Waals surface area (Å²) in [6.07, 6.45) is 0. The van der Waals surface area contributed by atoms with Crippen molar-refractivity contribution in [1.82, 2.24) is 0 Å². The van der Waals surface area contributed by atoms with E-state index in [0.717, 1.165) is 21.9 Å². The molecule has 1 heterocycles. The average Bonchev–Trinajstić information content (AvgIpc) is 2.83. The van der Waals surface area contributed by atoms with Gasteiger partial charge in [0.05, 0.1) is 5.38 Å². The zero-order valence-corrected chi connectivity index (χ0v) is 12.9. The lowest BCUT2D eigenvalue weighted by molar-refractivity contribution is 0.445. The summed E-state index contributed by atoms with van der Waals surface area (Å²) in [5, 5.41) is -0.694. The molecular weight excluding hydrogens is 305 g/mol. The number of hydrogen-bond acceptors (Lipinski definition) is 1. The van der Waals surface area contributed by atoms with Crippen molar-refractivity contribution in [2.45, 2.75) is 31.6 Å². The lowest BCUT2D eigenvalue weighted by atomic mass is 9.95. The Hall–Kier alpha value is -1.00. The van der Waals surface area contributed by atoms with Crippen molar-refractivity contribution in [2.75, 3.05) is 0 Å². The van der Waals surface area contributed by atoms with Crippen LogP contribution in [0.25, 0.3) is 0 Å². The monoisotopic (exact) mass is 318 g/mol. The molecule has 1 aromatic carbocycles. The Balaban J connectivity index is 2.36. The Bertz CT molecular complexity index is 605. The lowest BCUT2D eigenvalue weighted by Crippen LogP contribution is -2.07. The van der Waals surface area contributed by atoms with Crippen molar-refractivity contribution >= 4 is 22.9 Å². The number of rotatable bonds is 2. The Labute approximate surface area is 125 Å². The summed E-state index contributed by atoms with van der Waals surface area (Å²) in [4.78, 5) is 1.91. The Morgan fingerprint density at radius 2 is 1.60 bits per heavy atom. The van der Waals surface area contributed by atoms with E-state index in [-0.39, 0.29) is 11.0 Å². The van der Waals surface area contributed by atoms with Gasteiger partial charge in [0.15, 0.2) is 17.5 Å². The molecule has 0 aliphatic carbocycles. The fraction of sp³-hybridized carbons (Fsp3) is 0.333. The van der Waals surface area contributed by atoms with Gasteiger partial charge in [-0.15, -0.1) is 22.9 Å². The molecule has 0 radical (unpaired) electrons. The van der Waals surface area contributed by atoms with E-state index >= 15 is 0 Å². The molecule has 0 nitrogen and oxygen atoms in total. The first-order valence-corrected chi connectivity index (χ1v) is 7.34. The predicted octanol–water partition coefficient (Wildman–Crippen LogP) is 5.79. The summed E-state index contributed by atoms with van der Waals surface area (Å²) in [5.74, 6) is -3.92. The van der Waals surface area contributed by atoms with Gasteiger partial charge in [-0.3, -0.25) is 0 Å². The van der Waals surface area contributed by atoms with E-state index < -0.39 is 22.8 Å². The average molecular weight is 319 g/mol. The second-order valence-electron chi connectivity index (χ2n) is 5.61. The fourth-order valence-electron chi connectivity index (χ4n) is 1.78. The molecule has 108 valence electrons. The zero-order valence-electron chi connectivity index (χ0n) is 11.3. The van der Waals surface area contributed by atoms with E-state index in [9.17, 15) is 13.2 Å². The van der Waals surface area contributed by atoms with Crippen molar-refractivity contribution in [3.63, 3.8) is 0 Å². The first-order valence-electron chi connectivity index (χ1n) is 6.09. The quantitative estimate of drug-likeness (QED) is 0.485. The topological polar surface area (TPSA) is 0 Å². The highest BCUT2D eigenvalue weighted by molar-refractivity contribution is 7.12. The van der Waals surface area contributed by atoms with E-state index in [4.69, 9.17) is 11.6 Å². The molecule has 0 bridgehead atoms. The van der Waals surface area contributed by atoms with Crippen molar-refractivity contribution < 1.29 is 13.2 Å². The van der Waals surface area contributed by atoms with Crippen molar-refractivity contribution in [3.05, 3.63) is 57.0 Å². The standard InChI is InChI=1S/C15H14ClF3S/c1-15(2,3)12-5-4-11(20-12)13(16)8-6-9(17)14(19)10(18)7-8/h4-7,13H,1-3H3. The van der Waals surface area contributed by atoms with Gasteiger partial charge in [0.25, 0.3) is 0 Å². The molecule has 0 fully saturated rings. The number of thiophene rings is 1. The normalized spacial score (nSPS) is 13.6. The summed E-state index contributed by atoms with van der Waals surface area (Å²) in [5.41, 5.74) is 0.198. The molecule has 1 aromatic heterocycles. The van der Waals surface area contributed by atoms with Gasteiger partial charge in [-0.25, -0.2) is 13.2 Å². The minimum absolute atomic E-state index is 0.0151. The van der Waals surface area contributed by atoms with Crippen molar-refractivity contribution in [2.24, 2.45) is 0 Å². The van der Waals surface area contributed by atoms with Gasteiger partial charge in [0.2, 0.25) is 0 Å². The van der Waals surface area contributed by atoms with Crippen LogP contribution in [0.1, 0.15) is 41.5 Å². The van der Waals surface area contributed by atoms with Crippen molar-refractivity contribution in [3.8, 4) is 0 Å². The van der Waals surface area contributed by atoms with E-state index in [2.05, 4.69) is 20.8 Å². The number of hydrogen-bond donors (Lipinski definition) is 0. The van der Waals surface area contributed by atoms with E-state index in [0.29, 0.717) is 0 Å². The van der Waals surface area contributed by atoms with Gasteiger partial charge in [0.1, 0.15) is 0 Å². The molecule has 0 saturated heterocycles. The second-order valence-corrected chi connectivity index (χ2v) is 7.16. The third kappa shape index (κ3) is 3.01. The molecule has 1 unspecified atom stereocenters. The summed E-state index contributed by atoms with van der Waals surface area (Å²) < 4.78 is 39.4. The zero-order chi connectivity index (χ0) is 15.1. The molecular formula is C15H14ClF3S. The largest absolute Gasteiger partial charge is 0.204 e. The number of halogens is 4. The van der Waals surface area contributed by atoms with Gasteiger partial charge in [-0.05, 0) is 35.2 Å². The predicted molar refractivity (Wildman–Crippen MR) is 77.0 cm³/mol. The molecule has 0 spiro atoms. The second kappa shape index (κ2) is 5.41. The summed E-state index contributed by atoms with van der Waals surface area (Å²) >= 11 is 7.73. The van der Waals surface area contributed by atoms with Crippen LogP contribution in [0.3, 0.4) is 0 Å². The molecule has 0 amide bonds. The van der Waals surface area contributed by atoms with E-state index in [1.165, 1.54) is 11.3 Å². The van der Waals surface area contributed by atoms with Gasteiger partial charge < -0.3 is 0 Å². The van der Waals surface area contributed by atoms with Gasteiger partial charge in [-0.2, -0.15) is 0 Å². The minimum Gasteiger partial charge on any atom is -0.204 e. The third-order valence-corrected chi connectivity index (χ3v) is 5.11. The fourth-order valence-corrected chi connectivity index (χ4v) is 3.18. The lowest BCUT2D eigenvalue weighted by Gasteiger charge is -2.15. The summed E-state index contributed by atoms with van der Waals surface area (Å²) in [7, 11) is 0. The molecule has 5 heteroatoms. The summed E-state index contributed by atoms with van der Waals surface area (Å²) in [6, 6.07) is 5.66. The Kier molecular flexibility index (Phi) is 4.17. The van der Waals surface area contributed by atoms with Crippen LogP contribution in [-0.4, -0.2) is 0 Å². The SMILES string of the molecule is CC(C)(C)c1ccc(C(Cl)c2cc(F)c(F)c(F)c2)s1. The maximum absolute atomic E-state index is 13.2. The van der Waals surface area contributed by atoms with Crippen LogP contribution in [0.4, 0.5) is 13.2 Å². The number of benzene rings is 1. The Morgan fingerprint density at radius 1 is 1.05 bits per heavy atom.